The fourth-order valence-corrected chi connectivity index (χ4v) is 2.85. The van der Waals surface area contributed by atoms with Crippen LogP contribution in [-0.2, 0) is 0 Å². The van der Waals surface area contributed by atoms with E-state index in [0.29, 0.717) is 0 Å². The van der Waals surface area contributed by atoms with Crippen molar-refractivity contribution in [2.45, 2.75) is 20.8 Å². The van der Waals surface area contributed by atoms with Gasteiger partial charge in [0, 0.05) is 16.3 Å². The van der Waals surface area contributed by atoms with Gasteiger partial charge in [0.2, 0.25) is 0 Å². The molecule has 0 radical (unpaired) electrons. The van der Waals surface area contributed by atoms with Gasteiger partial charge in [-0.15, -0.1) is 11.3 Å². The molecule has 2 heteroatoms. The van der Waals surface area contributed by atoms with Gasteiger partial charge in [0.1, 0.15) is 0 Å². The van der Waals surface area contributed by atoms with Crippen LogP contribution in [0.2, 0.25) is 0 Å². The van der Waals surface area contributed by atoms with Crippen LogP contribution in [0.5, 0.6) is 0 Å². The Kier molecular flexibility index (Phi) is 2.53. The van der Waals surface area contributed by atoms with Gasteiger partial charge >= 0.3 is 0 Å². The molecule has 0 spiro atoms. The van der Waals surface area contributed by atoms with Crippen molar-refractivity contribution in [2.75, 3.05) is 5.73 Å². The third kappa shape index (κ3) is 1.77. The number of benzene rings is 1. The standard InChI is InChI=1S/C13H15NS/c1-8-4-9(2)13(10(3)5-8)11-6-15-7-12(11)14/h4-7H,14H2,1-3H3. The minimum absolute atomic E-state index is 0.884. The normalized spacial score (nSPS) is 10.6. The topological polar surface area (TPSA) is 26.0 Å². The fourth-order valence-electron chi connectivity index (χ4n) is 2.12. The van der Waals surface area contributed by atoms with E-state index in [2.05, 4.69) is 38.3 Å². The average Bonchev–Trinajstić information content (AvgIpc) is 2.50. The summed E-state index contributed by atoms with van der Waals surface area (Å²) >= 11 is 1.66. The van der Waals surface area contributed by atoms with Crippen molar-refractivity contribution >= 4 is 17.0 Å². The van der Waals surface area contributed by atoms with Gasteiger partial charge in [-0.3, -0.25) is 0 Å². The smallest absolute Gasteiger partial charge is 0.0502 e. The quantitative estimate of drug-likeness (QED) is 0.769. The predicted octanol–water partition coefficient (Wildman–Crippen LogP) is 3.92. The summed E-state index contributed by atoms with van der Waals surface area (Å²) in [6, 6.07) is 4.42. The first kappa shape index (κ1) is 10.2. The maximum Gasteiger partial charge on any atom is 0.0502 e. The second-order valence-electron chi connectivity index (χ2n) is 4.01. The number of thiophene rings is 1. The van der Waals surface area contributed by atoms with E-state index in [1.54, 1.807) is 11.3 Å². The molecule has 0 aliphatic heterocycles. The number of rotatable bonds is 1. The monoisotopic (exact) mass is 217 g/mol. The molecule has 2 N–H and O–H groups in total. The number of nitrogens with two attached hydrogens (primary N) is 1. The van der Waals surface area contributed by atoms with Crippen LogP contribution in [0.25, 0.3) is 11.1 Å². The van der Waals surface area contributed by atoms with Gasteiger partial charge in [-0.2, -0.15) is 0 Å². The summed E-state index contributed by atoms with van der Waals surface area (Å²) in [6.45, 7) is 6.42. The molecule has 15 heavy (non-hydrogen) atoms. The van der Waals surface area contributed by atoms with E-state index in [1.807, 2.05) is 5.38 Å². The van der Waals surface area contributed by atoms with Crippen molar-refractivity contribution < 1.29 is 0 Å². The molecule has 0 fully saturated rings. The third-order valence-electron chi connectivity index (χ3n) is 2.64. The van der Waals surface area contributed by atoms with Gasteiger partial charge in [0.05, 0.1) is 5.69 Å². The molecule has 78 valence electrons. The summed E-state index contributed by atoms with van der Waals surface area (Å²) in [6.07, 6.45) is 0. The first-order valence-corrected chi connectivity index (χ1v) is 5.93. The van der Waals surface area contributed by atoms with Crippen LogP contribution in [0.15, 0.2) is 22.9 Å². The Bertz CT molecular complexity index is 474. The van der Waals surface area contributed by atoms with Crippen molar-refractivity contribution in [3.05, 3.63) is 39.6 Å². The lowest BCUT2D eigenvalue weighted by atomic mass is 9.95. The summed E-state index contributed by atoms with van der Waals surface area (Å²) in [4.78, 5) is 0. The molecular weight excluding hydrogens is 202 g/mol. The highest BCUT2D eigenvalue weighted by atomic mass is 32.1. The fraction of sp³-hybridized carbons (Fsp3) is 0.231. The Morgan fingerprint density at radius 2 is 1.60 bits per heavy atom. The number of hydrogen-bond donors (Lipinski definition) is 1. The molecule has 0 amide bonds. The summed E-state index contributed by atoms with van der Waals surface area (Å²) in [7, 11) is 0. The zero-order chi connectivity index (χ0) is 11.0. The molecule has 1 nitrogen and oxygen atoms in total. The van der Waals surface area contributed by atoms with Gasteiger partial charge < -0.3 is 5.73 Å². The minimum Gasteiger partial charge on any atom is -0.398 e. The van der Waals surface area contributed by atoms with Gasteiger partial charge in [0.15, 0.2) is 0 Å². The lowest BCUT2D eigenvalue weighted by molar-refractivity contribution is 1.32. The van der Waals surface area contributed by atoms with E-state index in [-0.39, 0.29) is 0 Å². The SMILES string of the molecule is Cc1cc(C)c(-c2cscc2N)c(C)c1. The lowest BCUT2D eigenvalue weighted by Gasteiger charge is -2.10. The summed E-state index contributed by atoms with van der Waals surface area (Å²) < 4.78 is 0. The second kappa shape index (κ2) is 3.70. The van der Waals surface area contributed by atoms with Crippen LogP contribution in [-0.4, -0.2) is 0 Å². The highest BCUT2D eigenvalue weighted by molar-refractivity contribution is 7.08. The molecule has 0 unspecified atom stereocenters. The van der Waals surface area contributed by atoms with Crippen molar-refractivity contribution in [3.8, 4) is 11.1 Å². The lowest BCUT2D eigenvalue weighted by Crippen LogP contribution is -1.92. The summed E-state index contributed by atoms with van der Waals surface area (Å²) in [5.41, 5.74) is 13.2. The molecular formula is C13H15NS. The van der Waals surface area contributed by atoms with Crippen LogP contribution in [0.1, 0.15) is 16.7 Å². The highest BCUT2D eigenvalue weighted by Crippen LogP contribution is 2.34. The molecule has 1 heterocycles. The van der Waals surface area contributed by atoms with Gasteiger partial charge in [-0.1, -0.05) is 17.7 Å². The molecule has 0 bridgehead atoms. The molecule has 2 aromatic rings. The second-order valence-corrected chi connectivity index (χ2v) is 4.76. The molecule has 0 atom stereocenters. The van der Waals surface area contributed by atoms with Crippen LogP contribution >= 0.6 is 11.3 Å². The van der Waals surface area contributed by atoms with Crippen LogP contribution in [0.3, 0.4) is 0 Å². The van der Waals surface area contributed by atoms with Gasteiger partial charge in [-0.05, 0) is 37.5 Å². The molecule has 0 aliphatic rings. The van der Waals surface area contributed by atoms with Gasteiger partial charge in [0.25, 0.3) is 0 Å². The van der Waals surface area contributed by atoms with Crippen molar-refractivity contribution in [1.29, 1.82) is 0 Å². The number of hydrogen-bond acceptors (Lipinski definition) is 2. The summed E-state index contributed by atoms with van der Waals surface area (Å²) in [5.74, 6) is 0. The molecule has 1 aromatic carbocycles. The Hall–Kier alpha value is -1.28. The molecule has 2 rings (SSSR count). The predicted molar refractivity (Wildman–Crippen MR) is 68.4 cm³/mol. The van der Waals surface area contributed by atoms with Crippen LogP contribution in [0, 0.1) is 20.8 Å². The van der Waals surface area contributed by atoms with Gasteiger partial charge in [-0.25, -0.2) is 0 Å². The maximum atomic E-state index is 5.96. The minimum atomic E-state index is 0.884. The Morgan fingerprint density at radius 1 is 1.00 bits per heavy atom. The maximum absolute atomic E-state index is 5.96. The van der Waals surface area contributed by atoms with E-state index in [4.69, 9.17) is 5.73 Å². The molecule has 1 aromatic heterocycles. The zero-order valence-corrected chi connectivity index (χ0v) is 10.1. The van der Waals surface area contributed by atoms with Crippen LogP contribution in [0.4, 0.5) is 5.69 Å². The van der Waals surface area contributed by atoms with E-state index < -0.39 is 0 Å². The largest absolute Gasteiger partial charge is 0.398 e. The summed E-state index contributed by atoms with van der Waals surface area (Å²) in [5, 5.41) is 4.12. The first-order valence-electron chi connectivity index (χ1n) is 4.99. The average molecular weight is 217 g/mol. The van der Waals surface area contributed by atoms with Crippen LogP contribution < -0.4 is 5.73 Å². The van der Waals surface area contributed by atoms with Crippen molar-refractivity contribution in [1.82, 2.24) is 0 Å². The zero-order valence-electron chi connectivity index (χ0n) is 9.29. The number of aryl methyl sites for hydroxylation is 3. The van der Waals surface area contributed by atoms with E-state index in [1.165, 1.54) is 27.8 Å². The number of anilines is 1. The highest BCUT2D eigenvalue weighted by Gasteiger charge is 2.09. The molecule has 0 saturated carbocycles. The Balaban J connectivity index is 2.68. The number of nitrogen functional groups attached to an aromatic ring is 1. The van der Waals surface area contributed by atoms with Crippen molar-refractivity contribution in [3.63, 3.8) is 0 Å². The van der Waals surface area contributed by atoms with E-state index in [0.717, 1.165) is 5.69 Å². The third-order valence-corrected chi connectivity index (χ3v) is 3.40. The first-order chi connectivity index (χ1) is 7.09. The Morgan fingerprint density at radius 3 is 2.07 bits per heavy atom. The van der Waals surface area contributed by atoms with Crippen molar-refractivity contribution in [2.24, 2.45) is 0 Å². The van der Waals surface area contributed by atoms with E-state index >= 15 is 0 Å². The van der Waals surface area contributed by atoms with E-state index in [9.17, 15) is 0 Å². The molecule has 0 aliphatic carbocycles. The Labute approximate surface area is 94.6 Å². The molecule has 0 saturated heterocycles.